The largest absolute Gasteiger partial charge is 0.278 e. The Labute approximate surface area is 240 Å². The van der Waals surface area contributed by atoms with E-state index in [1.54, 1.807) is 0 Å². The van der Waals surface area contributed by atoms with Crippen LogP contribution >= 0.6 is 0 Å². The van der Waals surface area contributed by atoms with Gasteiger partial charge in [0.1, 0.15) is 0 Å². The Morgan fingerprint density at radius 1 is 0.707 bits per heavy atom. The lowest BCUT2D eigenvalue weighted by Crippen LogP contribution is -2.15. The lowest BCUT2D eigenvalue weighted by molar-refractivity contribution is 0.661. The smallest absolute Gasteiger partial charge is 0.235 e. The maximum absolute atomic E-state index is 5.28. The zero-order valence-corrected chi connectivity index (χ0v) is 23.6. The molecule has 0 N–H and O–H groups in total. The summed E-state index contributed by atoms with van der Waals surface area (Å²) in [5, 5.41) is 2.45. The summed E-state index contributed by atoms with van der Waals surface area (Å²) >= 11 is 0. The Balaban J connectivity index is 1.44. The van der Waals surface area contributed by atoms with Crippen LogP contribution in [0.1, 0.15) is 44.0 Å². The number of benzene rings is 4. The molecule has 4 aromatic carbocycles. The summed E-state index contributed by atoms with van der Waals surface area (Å²) in [5.74, 6) is 1.19. The molecule has 0 spiro atoms. The van der Waals surface area contributed by atoms with Gasteiger partial charge in [-0.3, -0.25) is 4.57 Å². The second-order valence-electron chi connectivity index (χ2n) is 12.0. The Morgan fingerprint density at radius 3 is 2.32 bits per heavy atom. The molecular weight excluding hydrogens is 498 g/mol. The first-order valence-corrected chi connectivity index (χ1v) is 14.5. The van der Waals surface area contributed by atoms with Crippen molar-refractivity contribution < 1.29 is 0 Å². The summed E-state index contributed by atoms with van der Waals surface area (Å²) in [7, 11) is 0. The Morgan fingerprint density at radius 2 is 1.46 bits per heavy atom. The summed E-state index contributed by atoms with van der Waals surface area (Å²) in [5.41, 5.74) is 11.9. The molecule has 2 heterocycles. The number of rotatable bonds is 3. The quantitative estimate of drug-likeness (QED) is 0.228. The average Bonchev–Trinajstić information content (AvgIpc) is 3.45. The van der Waals surface area contributed by atoms with Gasteiger partial charge in [0.15, 0.2) is 0 Å². The zero-order valence-electron chi connectivity index (χ0n) is 23.6. The molecular formula is C38H31N3. The standard InChI is InChI=1S/C38H31N3/c1-24-12-11-15-26(20-24)34-23-33(25-13-5-4-6-14-25)39-37(40-34)41-35-19-10-8-17-28(35)30-21-29-27-16-7-9-18-31(27)38(2,3)32(29)22-36(30)41/h4-19,21-24H,20H2,1-3H3. The second-order valence-corrected chi connectivity index (χ2v) is 12.0. The van der Waals surface area contributed by atoms with Crippen molar-refractivity contribution >= 4 is 27.4 Å². The summed E-state index contributed by atoms with van der Waals surface area (Å²) in [6.45, 7) is 6.94. The van der Waals surface area contributed by atoms with Gasteiger partial charge >= 0.3 is 0 Å². The van der Waals surface area contributed by atoms with E-state index in [1.807, 2.05) is 0 Å². The second kappa shape index (κ2) is 8.87. The maximum atomic E-state index is 5.28. The molecule has 41 heavy (non-hydrogen) atoms. The highest BCUT2D eigenvalue weighted by atomic mass is 15.2. The summed E-state index contributed by atoms with van der Waals surface area (Å²) in [4.78, 5) is 10.5. The molecule has 2 aliphatic rings. The van der Waals surface area contributed by atoms with E-state index in [0.717, 1.165) is 34.4 Å². The highest BCUT2D eigenvalue weighted by Crippen LogP contribution is 2.50. The van der Waals surface area contributed by atoms with Crippen LogP contribution in [0.5, 0.6) is 0 Å². The molecule has 3 heteroatoms. The van der Waals surface area contributed by atoms with Gasteiger partial charge in [-0.15, -0.1) is 0 Å². The molecule has 2 aliphatic carbocycles. The van der Waals surface area contributed by atoms with Crippen LogP contribution in [0, 0.1) is 5.92 Å². The fraction of sp³-hybridized carbons (Fsp3) is 0.158. The van der Waals surface area contributed by atoms with Crippen molar-refractivity contribution in [3.8, 4) is 28.3 Å². The molecule has 1 atom stereocenters. The third-order valence-electron chi connectivity index (χ3n) is 8.97. The number of allylic oxidation sites excluding steroid dienone is 4. The molecule has 0 aliphatic heterocycles. The van der Waals surface area contributed by atoms with Crippen molar-refractivity contribution in [1.29, 1.82) is 0 Å². The van der Waals surface area contributed by atoms with Crippen molar-refractivity contribution in [2.75, 3.05) is 0 Å². The van der Waals surface area contributed by atoms with Crippen LogP contribution in [0.25, 0.3) is 55.7 Å². The summed E-state index contributed by atoms with van der Waals surface area (Å²) in [6, 6.07) is 34.9. The van der Waals surface area contributed by atoms with E-state index in [2.05, 4.69) is 141 Å². The highest BCUT2D eigenvalue weighted by Gasteiger charge is 2.36. The van der Waals surface area contributed by atoms with Crippen LogP contribution in [0.3, 0.4) is 0 Å². The molecule has 1 unspecified atom stereocenters. The van der Waals surface area contributed by atoms with Crippen LogP contribution in [0.15, 0.2) is 115 Å². The van der Waals surface area contributed by atoms with Gasteiger partial charge in [0.2, 0.25) is 5.95 Å². The highest BCUT2D eigenvalue weighted by molar-refractivity contribution is 6.11. The normalized spacial score (nSPS) is 17.0. The fourth-order valence-corrected chi connectivity index (χ4v) is 6.87. The van der Waals surface area contributed by atoms with Gasteiger partial charge in [0.25, 0.3) is 0 Å². The molecule has 0 fully saturated rings. The predicted molar refractivity (Wildman–Crippen MR) is 170 cm³/mol. The molecule has 0 bridgehead atoms. The maximum Gasteiger partial charge on any atom is 0.235 e. The van der Waals surface area contributed by atoms with Crippen molar-refractivity contribution in [2.45, 2.75) is 32.6 Å². The average molecular weight is 530 g/mol. The van der Waals surface area contributed by atoms with Crippen LogP contribution in [0.2, 0.25) is 0 Å². The van der Waals surface area contributed by atoms with E-state index in [9.17, 15) is 0 Å². The molecule has 3 nitrogen and oxygen atoms in total. The number of aromatic nitrogens is 3. The Kier molecular flexibility index (Phi) is 5.21. The van der Waals surface area contributed by atoms with Gasteiger partial charge in [-0.05, 0) is 64.4 Å². The van der Waals surface area contributed by atoms with Gasteiger partial charge in [-0.25, -0.2) is 9.97 Å². The minimum absolute atomic E-state index is 0.0886. The summed E-state index contributed by atoms with van der Waals surface area (Å²) in [6.07, 6.45) is 7.60. The van der Waals surface area contributed by atoms with E-state index in [4.69, 9.17) is 9.97 Å². The number of hydrogen-bond acceptors (Lipinski definition) is 2. The molecule has 0 saturated carbocycles. The van der Waals surface area contributed by atoms with Crippen molar-refractivity contribution in [3.05, 3.63) is 132 Å². The lowest BCUT2D eigenvalue weighted by Gasteiger charge is -2.21. The van der Waals surface area contributed by atoms with Crippen molar-refractivity contribution in [3.63, 3.8) is 0 Å². The van der Waals surface area contributed by atoms with E-state index in [1.165, 1.54) is 38.6 Å². The van der Waals surface area contributed by atoms with E-state index >= 15 is 0 Å². The van der Waals surface area contributed by atoms with Gasteiger partial charge in [0, 0.05) is 21.8 Å². The first kappa shape index (κ1) is 24.1. The van der Waals surface area contributed by atoms with Gasteiger partial charge in [-0.1, -0.05) is 112 Å². The number of nitrogens with zero attached hydrogens (tertiary/aromatic N) is 3. The lowest BCUT2D eigenvalue weighted by atomic mass is 9.82. The molecule has 0 radical (unpaired) electrons. The Bertz CT molecular complexity index is 2060. The molecule has 0 amide bonds. The van der Waals surface area contributed by atoms with Crippen molar-refractivity contribution in [2.24, 2.45) is 5.92 Å². The number of hydrogen-bond donors (Lipinski definition) is 0. The SMILES string of the molecule is CC1C=CC=C(c2cc(-c3ccccc3)nc(-n3c4ccccc4c4cc5c(cc43)C(C)(C)c3ccccc3-5)n2)C1. The topological polar surface area (TPSA) is 30.7 Å². The summed E-state index contributed by atoms with van der Waals surface area (Å²) < 4.78 is 2.28. The van der Waals surface area contributed by atoms with Gasteiger partial charge in [-0.2, -0.15) is 0 Å². The predicted octanol–water partition coefficient (Wildman–Crippen LogP) is 9.53. The molecule has 2 aromatic heterocycles. The van der Waals surface area contributed by atoms with E-state index in [-0.39, 0.29) is 5.41 Å². The van der Waals surface area contributed by atoms with Crippen LogP contribution in [-0.2, 0) is 5.41 Å². The monoisotopic (exact) mass is 529 g/mol. The van der Waals surface area contributed by atoms with Crippen molar-refractivity contribution in [1.82, 2.24) is 14.5 Å². The molecule has 6 aromatic rings. The van der Waals surface area contributed by atoms with Gasteiger partial charge < -0.3 is 0 Å². The minimum Gasteiger partial charge on any atom is -0.278 e. The number of fused-ring (bicyclic) bond motifs is 6. The molecule has 8 rings (SSSR count). The first-order chi connectivity index (χ1) is 20.0. The van der Waals surface area contributed by atoms with Crippen LogP contribution in [-0.4, -0.2) is 14.5 Å². The minimum atomic E-state index is -0.0886. The van der Waals surface area contributed by atoms with Gasteiger partial charge in [0.05, 0.1) is 22.4 Å². The van der Waals surface area contributed by atoms with E-state index < -0.39 is 0 Å². The molecule has 198 valence electrons. The Hall–Kier alpha value is -4.76. The van der Waals surface area contributed by atoms with Crippen LogP contribution in [0.4, 0.5) is 0 Å². The zero-order chi connectivity index (χ0) is 27.7. The number of para-hydroxylation sites is 1. The fourth-order valence-electron chi connectivity index (χ4n) is 6.87. The van der Waals surface area contributed by atoms with Crippen LogP contribution < -0.4 is 0 Å². The van der Waals surface area contributed by atoms with E-state index in [0.29, 0.717) is 11.9 Å². The first-order valence-electron chi connectivity index (χ1n) is 14.5. The molecule has 0 saturated heterocycles. The third kappa shape index (κ3) is 3.65. The third-order valence-corrected chi connectivity index (χ3v) is 8.97.